The van der Waals surface area contributed by atoms with Crippen molar-refractivity contribution in [1.29, 1.82) is 5.26 Å². The number of halogens is 1. The number of aryl methyl sites for hydroxylation is 1. The first-order valence-electron chi connectivity index (χ1n) is 7.99. The predicted octanol–water partition coefficient (Wildman–Crippen LogP) is 1.67. The largest absolute Gasteiger partial charge is 0.372 e. The summed E-state index contributed by atoms with van der Waals surface area (Å²) in [5.74, 6) is 0.714. The molecular formula is C15H22FN5O. The fraction of sp³-hybridized carbons (Fsp3) is 0.800. The van der Waals surface area contributed by atoms with Crippen molar-refractivity contribution < 1.29 is 9.13 Å². The molecule has 0 saturated carbocycles. The Hall–Kier alpha value is -1.52. The van der Waals surface area contributed by atoms with Crippen LogP contribution in [0.2, 0.25) is 0 Å². The molecule has 7 heteroatoms. The maximum atomic E-state index is 12.6. The van der Waals surface area contributed by atoms with Gasteiger partial charge in [-0.25, -0.2) is 14.1 Å². The SMILES string of the molecule is N#CC1N(Cc2ncnn2CCF)CCCC12CCCCO2. The number of nitriles is 1. The third-order valence-electron chi connectivity index (χ3n) is 4.75. The molecule has 0 N–H and O–H groups in total. The zero-order valence-corrected chi connectivity index (χ0v) is 12.7. The fourth-order valence-electron chi connectivity index (χ4n) is 3.70. The van der Waals surface area contributed by atoms with Crippen molar-refractivity contribution in [2.45, 2.75) is 56.8 Å². The summed E-state index contributed by atoms with van der Waals surface area (Å²) < 4.78 is 20.2. The number of likely N-dealkylation sites (tertiary alicyclic amines) is 1. The fourth-order valence-corrected chi connectivity index (χ4v) is 3.70. The second-order valence-corrected chi connectivity index (χ2v) is 6.06. The Labute approximate surface area is 129 Å². The molecule has 3 heterocycles. The van der Waals surface area contributed by atoms with Crippen LogP contribution in [0.4, 0.5) is 4.39 Å². The molecule has 0 bridgehead atoms. The minimum Gasteiger partial charge on any atom is -0.372 e. The Bertz CT molecular complexity index is 529. The highest BCUT2D eigenvalue weighted by molar-refractivity contribution is 5.10. The highest BCUT2D eigenvalue weighted by atomic mass is 19.1. The van der Waals surface area contributed by atoms with E-state index < -0.39 is 6.67 Å². The van der Waals surface area contributed by atoms with Gasteiger partial charge in [0.15, 0.2) is 0 Å². The summed E-state index contributed by atoms with van der Waals surface area (Å²) in [6, 6.07) is 2.18. The number of hydrogen-bond acceptors (Lipinski definition) is 5. The van der Waals surface area contributed by atoms with Gasteiger partial charge in [0.1, 0.15) is 24.9 Å². The Balaban J connectivity index is 1.77. The average molecular weight is 307 g/mol. The van der Waals surface area contributed by atoms with E-state index in [9.17, 15) is 9.65 Å². The van der Waals surface area contributed by atoms with E-state index in [1.54, 1.807) is 4.68 Å². The molecule has 2 saturated heterocycles. The van der Waals surface area contributed by atoms with E-state index in [2.05, 4.69) is 21.1 Å². The first kappa shape index (κ1) is 15.4. The van der Waals surface area contributed by atoms with E-state index in [4.69, 9.17) is 4.74 Å². The minimum atomic E-state index is -0.467. The molecule has 1 aromatic heterocycles. The van der Waals surface area contributed by atoms with Gasteiger partial charge in [-0.15, -0.1) is 0 Å². The van der Waals surface area contributed by atoms with E-state index in [1.165, 1.54) is 6.33 Å². The molecule has 1 aromatic rings. The van der Waals surface area contributed by atoms with Crippen LogP contribution in [0.25, 0.3) is 0 Å². The van der Waals surface area contributed by atoms with Gasteiger partial charge in [-0.2, -0.15) is 10.4 Å². The molecule has 2 aliphatic rings. The van der Waals surface area contributed by atoms with E-state index in [-0.39, 0.29) is 18.2 Å². The van der Waals surface area contributed by atoms with E-state index >= 15 is 0 Å². The Morgan fingerprint density at radius 2 is 2.27 bits per heavy atom. The zero-order valence-electron chi connectivity index (χ0n) is 12.7. The van der Waals surface area contributed by atoms with Crippen LogP contribution in [0, 0.1) is 11.3 Å². The third kappa shape index (κ3) is 2.85. The second kappa shape index (κ2) is 6.71. The van der Waals surface area contributed by atoms with Crippen molar-refractivity contribution >= 4 is 0 Å². The van der Waals surface area contributed by atoms with E-state index in [0.29, 0.717) is 12.4 Å². The van der Waals surface area contributed by atoms with Crippen LogP contribution in [0.5, 0.6) is 0 Å². The molecule has 0 amide bonds. The molecule has 3 rings (SSSR count). The summed E-state index contributed by atoms with van der Waals surface area (Å²) in [7, 11) is 0. The Kier molecular flexibility index (Phi) is 4.69. The lowest BCUT2D eigenvalue weighted by Crippen LogP contribution is -2.58. The molecule has 0 aromatic carbocycles. The van der Waals surface area contributed by atoms with Crippen molar-refractivity contribution in [1.82, 2.24) is 19.7 Å². The van der Waals surface area contributed by atoms with Crippen molar-refractivity contribution in [2.24, 2.45) is 0 Å². The molecular weight excluding hydrogens is 285 g/mol. The van der Waals surface area contributed by atoms with Gasteiger partial charge in [-0.3, -0.25) is 4.90 Å². The van der Waals surface area contributed by atoms with Crippen LogP contribution >= 0.6 is 0 Å². The predicted molar refractivity (Wildman–Crippen MR) is 77.6 cm³/mol. The third-order valence-corrected chi connectivity index (χ3v) is 4.75. The number of rotatable bonds is 4. The summed E-state index contributed by atoms with van der Waals surface area (Å²) in [5.41, 5.74) is -0.337. The Morgan fingerprint density at radius 3 is 3.00 bits per heavy atom. The molecule has 22 heavy (non-hydrogen) atoms. The van der Waals surface area contributed by atoms with Crippen LogP contribution in [-0.4, -0.2) is 51.1 Å². The van der Waals surface area contributed by atoms with Gasteiger partial charge in [0.25, 0.3) is 0 Å². The summed E-state index contributed by atoms with van der Waals surface area (Å²) in [5, 5.41) is 13.8. The van der Waals surface area contributed by atoms with Crippen molar-refractivity contribution in [3.05, 3.63) is 12.2 Å². The summed E-state index contributed by atoms with van der Waals surface area (Å²) in [4.78, 5) is 6.34. The first-order valence-corrected chi connectivity index (χ1v) is 7.99. The van der Waals surface area contributed by atoms with Crippen LogP contribution < -0.4 is 0 Å². The van der Waals surface area contributed by atoms with Gasteiger partial charge in [0, 0.05) is 13.2 Å². The maximum Gasteiger partial charge on any atom is 0.141 e. The molecule has 0 radical (unpaired) electrons. The van der Waals surface area contributed by atoms with Gasteiger partial charge in [0.05, 0.1) is 24.8 Å². The topological polar surface area (TPSA) is 67.0 Å². The lowest BCUT2D eigenvalue weighted by atomic mass is 9.79. The number of nitrogens with zero attached hydrogens (tertiary/aromatic N) is 5. The average Bonchev–Trinajstić information content (AvgIpc) is 2.96. The van der Waals surface area contributed by atoms with E-state index in [0.717, 1.165) is 45.3 Å². The molecule has 2 atom stereocenters. The first-order chi connectivity index (χ1) is 10.8. The second-order valence-electron chi connectivity index (χ2n) is 6.06. The number of aromatic nitrogens is 3. The number of alkyl halides is 1. The van der Waals surface area contributed by atoms with Crippen LogP contribution in [0.3, 0.4) is 0 Å². The summed E-state index contributed by atoms with van der Waals surface area (Å²) in [6.07, 6.45) is 6.53. The van der Waals surface area contributed by atoms with Gasteiger partial charge in [-0.1, -0.05) is 0 Å². The van der Waals surface area contributed by atoms with Crippen LogP contribution in [-0.2, 0) is 17.8 Å². The van der Waals surface area contributed by atoms with Crippen LogP contribution in [0.15, 0.2) is 6.33 Å². The highest BCUT2D eigenvalue weighted by Gasteiger charge is 2.47. The lowest BCUT2D eigenvalue weighted by molar-refractivity contribution is -0.138. The molecule has 0 aliphatic carbocycles. The van der Waals surface area contributed by atoms with Crippen molar-refractivity contribution in [2.75, 3.05) is 19.8 Å². The van der Waals surface area contributed by atoms with Crippen molar-refractivity contribution in [3.63, 3.8) is 0 Å². The molecule has 120 valence electrons. The van der Waals surface area contributed by atoms with Gasteiger partial charge in [0.2, 0.25) is 0 Å². The minimum absolute atomic E-state index is 0.210. The van der Waals surface area contributed by atoms with Gasteiger partial charge in [-0.05, 0) is 32.1 Å². The smallest absolute Gasteiger partial charge is 0.141 e. The monoisotopic (exact) mass is 307 g/mol. The molecule has 2 unspecified atom stereocenters. The van der Waals surface area contributed by atoms with E-state index in [1.807, 2.05) is 0 Å². The summed E-state index contributed by atoms with van der Waals surface area (Å²) >= 11 is 0. The maximum absolute atomic E-state index is 12.6. The number of piperidine rings is 1. The van der Waals surface area contributed by atoms with Gasteiger partial charge < -0.3 is 4.74 Å². The molecule has 2 aliphatic heterocycles. The van der Waals surface area contributed by atoms with Crippen LogP contribution in [0.1, 0.15) is 37.9 Å². The number of hydrogen-bond donors (Lipinski definition) is 0. The molecule has 6 nitrogen and oxygen atoms in total. The zero-order chi connectivity index (χ0) is 15.4. The summed E-state index contributed by atoms with van der Waals surface area (Å²) in [6.45, 7) is 1.84. The molecule has 1 spiro atoms. The number of ether oxygens (including phenoxy) is 1. The standard InChI is InChI=1S/C15H22FN5O/c16-6-8-21-14(18-12-19-21)11-20-7-3-5-15(13(20)10-17)4-1-2-9-22-15/h12-13H,1-9,11H2. The highest BCUT2D eigenvalue weighted by Crippen LogP contribution is 2.38. The normalized spacial score (nSPS) is 29.5. The van der Waals surface area contributed by atoms with Gasteiger partial charge >= 0.3 is 0 Å². The lowest BCUT2D eigenvalue weighted by Gasteiger charge is -2.48. The van der Waals surface area contributed by atoms with Crippen molar-refractivity contribution in [3.8, 4) is 6.07 Å². The molecule has 2 fully saturated rings. The Morgan fingerprint density at radius 1 is 1.41 bits per heavy atom. The quantitative estimate of drug-likeness (QED) is 0.846.